The molecule has 4 nitrogen and oxygen atoms in total. The van der Waals surface area contributed by atoms with Crippen LogP contribution in [0.1, 0.15) is 41.2 Å². The molecule has 1 aliphatic heterocycles. The lowest BCUT2D eigenvalue weighted by Crippen LogP contribution is -2.27. The van der Waals surface area contributed by atoms with Gasteiger partial charge in [-0.05, 0) is 43.0 Å². The third-order valence-electron chi connectivity index (χ3n) is 4.27. The Morgan fingerprint density at radius 1 is 1.19 bits per heavy atom. The molecular weight excluding hydrogens is 264 g/mol. The lowest BCUT2D eigenvalue weighted by Gasteiger charge is -2.28. The van der Waals surface area contributed by atoms with Crippen molar-refractivity contribution in [2.24, 2.45) is 5.73 Å². The molecule has 2 N–H and O–H groups in total. The summed E-state index contributed by atoms with van der Waals surface area (Å²) >= 11 is 0. The molecule has 108 valence electrons. The van der Waals surface area contributed by atoms with Crippen LogP contribution >= 0.6 is 0 Å². The van der Waals surface area contributed by atoms with E-state index in [1.807, 2.05) is 30.2 Å². The van der Waals surface area contributed by atoms with Gasteiger partial charge in [-0.2, -0.15) is 0 Å². The van der Waals surface area contributed by atoms with Gasteiger partial charge >= 0.3 is 0 Å². The van der Waals surface area contributed by atoms with Crippen LogP contribution in [-0.2, 0) is 11.3 Å². The monoisotopic (exact) mass is 282 g/mol. The van der Waals surface area contributed by atoms with Crippen molar-refractivity contribution in [1.82, 2.24) is 5.06 Å². The molecule has 0 bridgehead atoms. The Balaban J connectivity index is 1.69. The third-order valence-corrected chi connectivity index (χ3v) is 4.27. The Morgan fingerprint density at radius 2 is 2.05 bits per heavy atom. The lowest BCUT2D eigenvalue weighted by molar-refractivity contribution is -0.157. The molecule has 1 aromatic heterocycles. The predicted molar refractivity (Wildman–Crippen MR) is 78.9 cm³/mol. The van der Waals surface area contributed by atoms with Crippen LogP contribution in [0.4, 0.5) is 0 Å². The van der Waals surface area contributed by atoms with Crippen molar-refractivity contribution in [2.75, 3.05) is 0 Å². The molecule has 0 radical (unpaired) electrons. The van der Waals surface area contributed by atoms with Crippen molar-refractivity contribution >= 4 is 0 Å². The Hall–Kier alpha value is -2.20. The van der Waals surface area contributed by atoms with Gasteiger partial charge in [0.15, 0.2) is 0 Å². The minimum absolute atomic E-state index is 0.0603. The van der Waals surface area contributed by atoms with Gasteiger partial charge in [-0.25, -0.2) is 0 Å². The fourth-order valence-corrected chi connectivity index (χ4v) is 3.31. The first kappa shape index (κ1) is 12.5. The molecule has 2 aliphatic rings. The summed E-state index contributed by atoms with van der Waals surface area (Å²) in [6.45, 7) is 1.95. The second kappa shape index (κ2) is 4.67. The number of hydroxylamine groups is 2. The summed E-state index contributed by atoms with van der Waals surface area (Å²) in [5.74, 6) is 2.21. The van der Waals surface area contributed by atoms with E-state index in [0.29, 0.717) is 5.88 Å². The predicted octanol–water partition coefficient (Wildman–Crippen LogP) is 3.36. The normalized spacial score (nSPS) is 24.7. The number of aryl methyl sites for hydroxylation is 2. The average molecular weight is 282 g/mol. The summed E-state index contributed by atoms with van der Waals surface area (Å²) in [6, 6.07) is 12.7. The van der Waals surface area contributed by atoms with Crippen molar-refractivity contribution in [3.8, 4) is 0 Å². The number of hydrogen-bond donors (Lipinski definition) is 1. The molecule has 2 atom stereocenters. The van der Waals surface area contributed by atoms with Crippen LogP contribution in [0.5, 0.6) is 0 Å². The zero-order valence-electron chi connectivity index (χ0n) is 12.0. The van der Waals surface area contributed by atoms with Crippen LogP contribution in [0, 0.1) is 6.92 Å². The van der Waals surface area contributed by atoms with Gasteiger partial charge in [0.1, 0.15) is 17.6 Å². The van der Waals surface area contributed by atoms with Crippen molar-refractivity contribution in [1.29, 1.82) is 0 Å². The van der Waals surface area contributed by atoms with Crippen LogP contribution < -0.4 is 5.73 Å². The van der Waals surface area contributed by atoms with Crippen molar-refractivity contribution in [3.63, 3.8) is 0 Å². The Morgan fingerprint density at radius 3 is 2.86 bits per heavy atom. The molecule has 4 rings (SSSR count). The smallest absolute Gasteiger partial charge is 0.207 e. The first-order valence-electron chi connectivity index (χ1n) is 7.30. The van der Waals surface area contributed by atoms with Crippen LogP contribution in [-0.4, -0.2) is 5.06 Å². The molecule has 2 unspecified atom stereocenters. The molecule has 1 aliphatic carbocycles. The molecule has 0 saturated heterocycles. The van der Waals surface area contributed by atoms with Gasteiger partial charge < -0.3 is 15.0 Å². The summed E-state index contributed by atoms with van der Waals surface area (Å²) in [7, 11) is 0. The number of fused-ring (bicyclic) bond motifs is 1. The standard InChI is InChI=1S/C17H18N2O2/c1-11-6-9-16(20-11)15-10-17(18)21-19(15)14-8-7-12-4-2-3-5-13(12)14/h2-6,9-10,14-15H,7-8,18H2,1H3. The molecular formula is C17H18N2O2. The molecule has 0 spiro atoms. The number of nitrogens with two attached hydrogens (primary N) is 1. The van der Waals surface area contributed by atoms with Crippen molar-refractivity contribution in [3.05, 3.63) is 71.0 Å². The highest BCUT2D eigenvalue weighted by molar-refractivity contribution is 5.35. The zero-order valence-corrected chi connectivity index (χ0v) is 12.0. The number of rotatable bonds is 2. The van der Waals surface area contributed by atoms with Gasteiger partial charge in [0, 0.05) is 6.08 Å². The van der Waals surface area contributed by atoms with E-state index in [9.17, 15) is 0 Å². The molecule has 0 amide bonds. The summed E-state index contributed by atoms with van der Waals surface area (Å²) in [6.07, 6.45) is 4.03. The van der Waals surface area contributed by atoms with E-state index in [0.717, 1.165) is 24.4 Å². The Kier molecular flexibility index (Phi) is 2.79. The topological polar surface area (TPSA) is 51.6 Å². The van der Waals surface area contributed by atoms with Crippen molar-refractivity contribution in [2.45, 2.75) is 31.8 Å². The van der Waals surface area contributed by atoms with E-state index in [1.54, 1.807) is 0 Å². The second-order valence-corrected chi connectivity index (χ2v) is 5.67. The summed E-state index contributed by atoms with van der Waals surface area (Å²) in [4.78, 5) is 5.79. The second-order valence-electron chi connectivity index (χ2n) is 5.67. The lowest BCUT2D eigenvalue weighted by atomic mass is 10.1. The van der Waals surface area contributed by atoms with Crippen LogP contribution in [0.3, 0.4) is 0 Å². The highest BCUT2D eigenvalue weighted by Gasteiger charge is 2.39. The molecule has 0 fully saturated rings. The first-order valence-corrected chi connectivity index (χ1v) is 7.30. The number of furan rings is 1. The maximum Gasteiger partial charge on any atom is 0.207 e. The van der Waals surface area contributed by atoms with E-state index < -0.39 is 0 Å². The van der Waals surface area contributed by atoms with Gasteiger partial charge in [-0.3, -0.25) is 0 Å². The molecule has 21 heavy (non-hydrogen) atoms. The summed E-state index contributed by atoms with van der Waals surface area (Å²) < 4.78 is 5.77. The highest BCUT2D eigenvalue weighted by atomic mass is 16.7. The molecule has 1 aromatic carbocycles. The largest absolute Gasteiger partial charge is 0.464 e. The molecule has 0 saturated carbocycles. The fourth-order valence-electron chi connectivity index (χ4n) is 3.31. The molecule has 2 heterocycles. The van der Waals surface area contributed by atoms with E-state index in [4.69, 9.17) is 15.0 Å². The van der Waals surface area contributed by atoms with Crippen LogP contribution in [0.25, 0.3) is 0 Å². The van der Waals surface area contributed by atoms with E-state index in [2.05, 4.69) is 24.3 Å². The quantitative estimate of drug-likeness (QED) is 0.917. The maximum absolute atomic E-state index is 5.90. The molecule has 4 heteroatoms. The number of nitrogens with zero attached hydrogens (tertiary/aromatic N) is 1. The first-order chi connectivity index (χ1) is 10.2. The maximum atomic E-state index is 5.90. The Labute approximate surface area is 123 Å². The fraction of sp³-hybridized carbons (Fsp3) is 0.294. The zero-order chi connectivity index (χ0) is 14.4. The highest BCUT2D eigenvalue weighted by Crippen LogP contribution is 2.43. The van der Waals surface area contributed by atoms with Gasteiger partial charge in [-0.1, -0.05) is 24.3 Å². The number of hydrogen-bond acceptors (Lipinski definition) is 4. The number of benzene rings is 1. The van der Waals surface area contributed by atoms with Crippen LogP contribution in [0.15, 0.2) is 52.8 Å². The van der Waals surface area contributed by atoms with Crippen molar-refractivity contribution < 1.29 is 9.25 Å². The van der Waals surface area contributed by atoms with Gasteiger partial charge in [0.05, 0.1) is 6.04 Å². The summed E-state index contributed by atoms with van der Waals surface area (Å²) in [5, 5.41) is 1.97. The Bertz CT molecular complexity index is 704. The molecule has 2 aromatic rings. The van der Waals surface area contributed by atoms with Crippen LogP contribution in [0.2, 0.25) is 0 Å². The minimum atomic E-state index is -0.0603. The van der Waals surface area contributed by atoms with Gasteiger partial charge in [0.2, 0.25) is 5.88 Å². The van der Waals surface area contributed by atoms with E-state index >= 15 is 0 Å². The van der Waals surface area contributed by atoms with E-state index in [-0.39, 0.29) is 12.1 Å². The summed E-state index contributed by atoms with van der Waals surface area (Å²) in [5.41, 5.74) is 8.62. The third kappa shape index (κ3) is 2.03. The van der Waals surface area contributed by atoms with Gasteiger partial charge in [0.25, 0.3) is 0 Å². The van der Waals surface area contributed by atoms with Gasteiger partial charge in [-0.15, -0.1) is 5.06 Å². The average Bonchev–Trinajstić information content (AvgIpc) is 3.16. The van der Waals surface area contributed by atoms with E-state index in [1.165, 1.54) is 11.1 Å². The minimum Gasteiger partial charge on any atom is -0.464 e. The SMILES string of the molecule is Cc1ccc(C2C=C(N)ON2C2CCc3ccccc32)o1.